The lowest BCUT2D eigenvalue weighted by molar-refractivity contribution is -0.118. The van der Waals surface area contributed by atoms with Gasteiger partial charge in [0.15, 0.2) is 0 Å². The first-order chi connectivity index (χ1) is 8.28. The first-order valence-electron chi connectivity index (χ1n) is 6.01. The molecule has 100 valence electrons. The van der Waals surface area contributed by atoms with Crippen LogP contribution in [0.3, 0.4) is 0 Å². The van der Waals surface area contributed by atoms with Gasteiger partial charge < -0.3 is 9.64 Å². The Hall–Kier alpha value is -0.390. The standard InChI is InChI=1S/C13H18BrNO2S/c1-8-5-10(18-11(8)14)12(16)15-6-9(2)17-13(3,4)7-15/h5,9H,6-7H2,1-4H3. The molecule has 3 nitrogen and oxygen atoms in total. The Morgan fingerprint density at radius 1 is 1.61 bits per heavy atom. The number of carbonyl (C=O) groups is 1. The Balaban J connectivity index is 2.18. The van der Waals surface area contributed by atoms with Crippen LogP contribution in [0.25, 0.3) is 0 Å². The van der Waals surface area contributed by atoms with Gasteiger partial charge in [-0.25, -0.2) is 0 Å². The molecule has 0 aliphatic carbocycles. The van der Waals surface area contributed by atoms with Gasteiger partial charge in [0.1, 0.15) is 0 Å². The van der Waals surface area contributed by atoms with Crippen LogP contribution in [0, 0.1) is 6.92 Å². The van der Waals surface area contributed by atoms with Crippen molar-refractivity contribution in [1.29, 1.82) is 0 Å². The van der Waals surface area contributed by atoms with Crippen molar-refractivity contribution in [3.63, 3.8) is 0 Å². The number of aryl methyl sites for hydroxylation is 1. The lowest BCUT2D eigenvalue weighted by atomic mass is 10.1. The summed E-state index contributed by atoms with van der Waals surface area (Å²) in [5, 5.41) is 0. The van der Waals surface area contributed by atoms with Gasteiger partial charge in [0.2, 0.25) is 0 Å². The molecule has 0 aromatic carbocycles. The highest BCUT2D eigenvalue weighted by molar-refractivity contribution is 9.11. The topological polar surface area (TPSA) is 29.5 Å². The number of morpholine rings is 1. The van der Waals surface area contributed by atoms with Crippen molar-refractivity contribution in [3.05, 3.63) is 20.3 Å². The molecule has 2 rings (SSSR count). The van der Waals surface area contributed by atoms with Gasteiger partial charge in [-0.3, -0.25) is 4.79 Å². The molecule has 1 aromatic rings. The molecule has 0 radical (unpaired) electrons. The number of nitrogens with zero attached hydrogens (tertiary/aromatic N) is 1. The molecule has 1 aliphatic heterocycles. The Morgan fingerprint density at radius 3 is 2.78 bits per heavy atom. The molecular formula is C13H18BrNO2S. The monoisotopic (exact) mass is 331 g/mol. The predicted molar refractivity (Wildman–Crippen MR) is 77.3 cm³/mol. The minimum Gasteiger partial charge on any atom is -0.369 e. The molecule has 1 saturated heterocycles. The average Bonchev–Trinajstić information content (AvgIpc) is 2.55. The van der Waals surface area contributed by atoms with Gasteiger partial charge in [-0.2, -0.15) is 0 Å². The third-order valence-electron chi connectivity index (χ3n) is 2.92. The fourth-order valence-corrected chi connectivity index (χ4v) is 3.83. The van der Waals surface area contributed by atoms with E-state index in [-0.39, 0.29) is 17.6 Å². The fraction of sp³-hybridized carbons (Fsp3) is 0.615. The molecule has 0 bridgehead atoms. The normalized spacial score (nSPS) is 23.2. The van der Waals surface area contributed by atoms with E-state index in [2.05, 4.69) is 15.9 Å². The molecule has 18 heavy (non-hydrogen) atoms. The number of hydrogen-bond acceptors (Lipinski definition) is 3. The quantitative estimate of drug-likeness (QED) is 0.788. The molecule has 0 spiro atoms. The van der Waals surface area contributed by atoms with Crippen molar-refractivity contribution in [2.75, 3.05) is 13.1 Å². The summed E-state index contributed by atoms with van der Waals surface area (Å²) < 4.78 is 6.85. The van der Waals surface area contributed by atoms with E-state index in [1.165, 1.54) is 11.3 Å². The first kappa shape index (κ1) is 14.0. The van der Waals surface area contributed by atoms with Crippen molar-refractivity contribution in [3.8, 4) is 0 Å². The van der Waals surface area contributed by atoms with Gasteiger partial charge in [0.25, 0.3) is 5.91 Å². The third kappa shape index (κ3) is 2.95. The summed E-state index contributed by atoms with van der Waals surface area (Å²) in [6.45, 7) is 9.37. The SMILES string of the molecule is Cc1cc(C(=O)N2CC(C)OC(C)(C)C2)sc1Br. The van der Waals surface area contributed by atoms with Gasteiger partial charge in [0, 0.05) is 13.1 Å². The second-order valence-electron chi connectivity index (χ2n) is 5.44. The van der Waals surface area contributed by atoms with Gasteiger partial charge in [0.05, 0.1) is 20.4 Å². The van der Waals surface area contributed by atoms with E-state index < -0.39 is 0 Å². The molecule has 5 heteroatoms. The van der Waals surface area contributed by atoms with E-state index in [0.717, 1.165) is 14.2 Å². The van der Waals surface area contributed by atoms with Gasteiger partial charge in [-0.15, -0.1) is 11.3 Å². The number of carbonyl (C=O) groups excluding carboxylic acids is 1. The zero-order valence-electron chi connectivity index (χ0n) is 11.1. The summed E-state index contributed by atoms with van der Waals surface area (Å²) in [6.07, 6.45) is 0.0854. The minimum atomic E-state index is -0.267. The van der Waals surface area contributed by atoms with E-state index in [1.54, 1.807) is 0 Å². The summed E-state index contributed by atoms with van der Waals surface area (Å²) in [4.78, 5) is 15.1. The fourth-order valence-electron chi connectivity index (χ4n) is 2.33. The Bertz CT molecular complexity index is 450. The summed E-state index contributed by atoms with van der Waals surface area (Å²) in [5.41, 5.74) is 0.848. The highest BCUT2D eigenvalue weighted by Crippen LogP contribution is 2.30. The van der Waals surface area contributed by atoms with E-state index in [4.69, 9.17) is 4.74 Å². The maximum Gasteiger partial charge on any atom is 0.264 e. The van der Waals surface area contributed by atoms with Crippen LogP contribution in [0.2, 0.25) is 0 Å². The van der Waals surface area contributed by atoms with Gasteiger partial charge in [-0.05, 0) is 55.3 Å². The number of rotatable bonds is 1. The van der Waals surface area contributed by atoms with E-state index in [0.29, 0.717) is 13.1 Å². The van der Waals surface area contributed by atoms with Crippen molar-refractivity contribution in [2.24, 2.45) is 0 Å². The van der Waals surface area contributed by atoms with Crippen LogP contribution in [0.1, 0.15) is 36.0 Å². The Labute approximate surface area is 120 Å². The Morgan fingerprint density at radius 2 is 2.28 bits per heavy atom. The molecular weight excluding hydrogens is 314 g/mol. The van der Waals surface area contributed by atoms with E-state index >= 15 is 0 Å². The molecule has 0 saturated carbocycles. The summed E-state index contributed by atoms with van der Waals surface area (Å²) in [7, 11) is 0. The second-order valence-corrected chi connectivity index (χ2v) is 7.81. The van der Waals surface area contributed by atoms with Crippen molar-refractivity contribution < 1.29 is 9.53 Å². The van der Waals surface area contributed by atoms with Crippen LogP contribution < -0.4 is 0 Å². The minimum absolute atomic E-state index is 0.0854. The van der Waals surface area contributed by atoms with Crippen LogP contribution in [0.15, 0.2) is 9.85 Å². The molecule has 1 fully saturated rings. The van der Waals surface area contributed by atoms with Crippen LogP contribution in [-0.4, -0.2) is 35.6 Å². The van der Waals surface area contributed by atoms with E-state index in [1.807, 2.05) is 38.7 Å². The number of hydrogen-bond donors (Lipinski definition) is 0. The van der Waals surface area contributed by atoms with Crippen LogP contribution >= 0.6 is 27.3 Å². The molecule has 0 N–H and O–H groups in total. The summed E-state index contributed by atoms with van der Waals surface area (Å²) in [5.74, 6) is 0.108. The van der Waals surface area contributed by atoms with Crippen molar-refractivity contribution >= 4 is 33.2 Å². The summed E-state index contributed by atoms with van der Waals surface area (Å²) >= 11 is 4.97. The number of halogens is 1. The number of amides is 1. The molecule has 1 aliphatic rings. The molecule has 2 heterocycles. The number of thiophene rings is 1. The average molecular weight is 332 g/mol. The maximum atomic E-state index is 12.5. The first-order valence-corrected chi connectivity index (χ1v) is 7.62. The number of ether oxygens (including phenoxy) is 1. The smallest absolute Gasteiger partial charge is 0.264 e. The largest absolute Gasteiger partial charge is 0.369 e. The van der Waals surface area contributed by atoms with Gasteiger partial charge in [-0.1, -0.05) is 0 Å². The van der Waals surface area contributed by atoms with Crippen molar-refractivity contribution in [1.82, 2.24) is 4.90 Å². The predicted octanol–water partition coefficient (Wildman–Crippen LogP) is 3.46. The van der Waals surface area contributed by atoms with Crippen LogP contribution in [0.4, 0.5) is 0 Å². The zero-order valence-corrected chi connectivity index (χ0v) is 13.5. The molecule has 1 unspecified atom stereocenters. The van der Waals surface area contributed by atoms with Crippen LogP contribution in [-0.2, 0) is 4.74 Å². The molecule has 1 aromatic heterocycles. The molecule has 1 amide bonds. The Kier molecular flexibility index (Phi) is 3.85. The van der Waals surface area contributed by atoms with Crippen LogP contribution in [0.5, 0.6) is 0 Å². The lowest BCUT2D eigenvalue weighted by Crippen LogP contribution is -2.53. The van der Waals surface area contributed by atoms with Gasteiger partial charge >= 0.3 is 0 Å². The zero-order chi connectivity index (χ0) is 13.5. The summed E-state index contributed by atoms with van der Waals surface area (Å²) in [6, 6.07) is 1.95. The molecule has 1 atom stereocenters. The second kappa shape index (κ2) is 4.94. The highest BCUT2D eigenvalue weighted by atomic mass is 79.9. The van der Waals surface area contributed by atoms with Crippen molar-refractivity contribution in [2.45, 2.75) is 39.4 Å². The maximum absolute atomic E-state index is 12.5. The lowest BCUT2D eigenvalue weighted by Gasteiger charge is -2.41. The third-order valence-corrected chi connectivity index (χ3v) is 5.05. The van der Waals surface area contributed by atoms with E-state index in [9.17, 15) is 4.79 Å². The highest BCUT2D eigenvalue weighted by Gasteiger charge is 2.34.